The van der Waals surface area contributed by atoms with E-state index < -0.39 is 0 Å². The molecule has 0 unspecified atom stereocenters. The van der Waals surface area contributed by atoms with E-state index in [0.29, 0.717) is 28.4 Å². The van der Waals surface area contributed by atoms with Crippen molar-refractivity contribution < 1.29 is 19.0 Å². The Morgan fingerprint density at radius 1 is 0.793 bits per heavy atom. The van der Waals surface area contributed by atoms with Crippen LogP contribution in [-0.4, -0.2) is 32.1 Å². The van der Waals surface area contributed by atoms with Gasteiger partial charge in [0, 0.05) is 29.1 Å². The van der Waals surface area contributed by atoms with Gasteiger partial charge in [-0.25, -0.2) is 0 Å². The topological polar surface area (TPSA) is 60.6 Å². The van der Waals surface area contributed by atoms with Crippen molar-refractivity contribution in [2.45, 2.75) is 0 Å². The van der Waals surface area contributed by atoms with Crippen LogP contribution in [0, 0.1) is 0 Å². The Kier molecular flexibility index (Phi) is 4.96. The highest BCUT2D eigenvalue weighted by Gasteiger charge is 2.21. The fraction of sp³-hybridized carbons (Fsp3) is 0.125. The molecule has 4 rings (SSSR count). The van der Waals surface area contributed by atoms with Gasteiger partial charge in [-0.05, 0) is 28.5 Å². The minimum Gasteiger partial charge on any atom is -0.493 e. The van der Waals surface area contributed by atoms with Gasteiger partial charge in [-0.3, -0.25) is 4.79 Å². The number of rotatable bonds is 6. The lowest BCUT2D eigenvalue weighted by atomic mass is 9.94. The van der Waals surface area contributed by atoms with Gasteiger partial charge in [0.05, 0.1) is 21.3 Å². The Morgan fingerprint density at radius 2 is 1.48 bits per heavy atom. The van der Waals surface area contributed by atoms with Crippen LogP contribution in [0.1, 0.15) is 15.9 Å². The van der Waals surface area contributed by atoms with E-state index >= 15 is 0 Å². The van der Waals surface area contributed by atoms with Crippen molar-refractivity contribution in [2.75, 3.05) is 21.3 Å². The highest BCUT2D eigenvalue weighted by molar-refractivity contribution is 6.19. The molecule has 0 atom stereocenters. The van der Waals surface area contributed by atoms with Gasteiger partial charge in [-0.1, -0.05) is 42.5 Å². The molecule has 1 N–H and O–H groups in total. The van der Waals surface area contributed by atoms with Gasteiger partial charge in [0.2, 0.25) is 5.75 Å². The average molecular weight is 387 g/mol. The molecule has 29 heavy (non-hydrogen) atoms. The summed E-state index contributed by atoms with van der Waals surface area (Å²) >= 11 is 0. The molecule has 0 fully saturated rings. The fourth-order valence-electron chi connectivity index (χ4n) is 3.60. The standard InChI is InChI=1S/C24H21NO4/c1-27-21-11-16(12-22(28-2)24(21)29-3)19-13-25-14-20(19)23(26)18-10-6-8-15-7-4-5-9-17(15)18/h4-14,25H,1-3H3. The Morgan fingerprint density at radius 3 is 2.17 bits per heavy atom. The molecule has 3 aromatic carbocycles. The number of methoxy groups -OCH3 is 3. The summed E-state index contributed by atoms with van der Waals surface area (Å²) in [6.45, 7) is 0. The highest BCUT2D eigenvalue weighted by atomic mass is 16.5. The smallest absolute Gasteiger partial charge is 0.203 e. The lowest BCUT2D eigenvalue weighted by Gasteiger charge is -2.14. The van der Waals surface area contributed by atoms with Crippen LogP contribution in [0.25, 0.3) is 21.9 Å². The number of hydrogen-bond donors (Lipinski definition) is 1. The summed E-state index contributed by atoms with van der Waals surface area (Å²) in [6, 6.07) is 17.3. The Balaban J connectivity index is 1.85. The number of benzene rings is 3. The van der Waals surface area contributed by atoms with E-state index in [-0.39, 0.29) is 5.78 Å². The predicted octanol–water partition coefficient (Wildman–Crippen LogP) is 5.09. The molecule has 4 aromatic rings. The number of carbonyl (C=O) groups excluding carboxylic acids is 1. The molecule has 0 saturated heterocycles. The van der Waals surface area contributed by atoms with Gasteiger partial charge in [-0.15, -0.1) is 0 Å². The number of aromatic nitrogens is 1. The molecule has 0 bridgehead atoms. The monoisotopic (exact) mass is 387 g/mol. The highest BCUT2D eigenvalue weighted by Crippen LogP contribution is 2.42. The van der Waals surface area contributed by atoms with Crippen molar-refractivity contribution in [2.24, 2.45) is 0 Å². The molecule has 0 aliphatic rings. The first-order chi connectivity index (χ1) is 14.2. The van der Waals surface area contributed by atoms with Crippen LogP contribution in [0.3, 0.4) is 0 Å². The van der Waals surface area contributed by atoms with Crippen molar-refractivity contribution in [1.82, 2.24) is 4.98 Å². The SMILES string of the molecule is COc1cc(-c2c[nH]cc2C(=O)c2cccc3ccccc23)cc(OC)c1OC. The number of hydrogen-bond acceptors (Lipinski definition) is 4. The third-order valence-corrected chi connectivity index (χ3v) is 5.00. The number of fused-ring (bicyclic) bond motifs is 1. The van der Waals surface area contributed by atoms with Crippen LogP contribution in [-0.2, 0) is 0 Å². The molecule has 5 heteroatoms. The Hall–Kier alpha value is -3.73. The van der Waals surface area contributed by atoms with Gasteiger partial charge in [0.1, 0.15) is 0 Å². The number of aromatic amines is 1. The van der Waals surface area contributed by atoms with Gasteiger partial charge < -0.3 is 19.2 Å². The molecule has 0 aliphatic carbocycles. The van der Waals surface area contributed by atoms with Gasteiger partial charge in [0.15, 0.2) is 17.3 Å². The minimum atomic E-state index is -0.0493. The first-order valence-corrected chi connectivity index (χ1v) is 9.17. The molecule has 1 aromatic heterocycles. The fourth-order valence-corrected chi connectivity index (χ4v) is 3.60. The third kappa shape index (κ3) is 3.21. The molecular formula is C24H21NO4. The van der Waals surface area contributed by atoms with Gasteiger partial charge in [-0.2, -0.15) is 0 Å². The van der Waals surface area contributed by atoms with E-state index in [2.05, 4.69) is 4.98 Å². The maximum atomic E-state index is 13.4. The first-order valence-electron chi connectivity index (χ1n) is 9.17. The molecule has 1 heterocycles. The molecule has 146 valence electrons. The summed E-state index contributed by atoms with van der Waals surface area (Å²) in [5, 5.41) is 1.96. The van der Waals surface area contributed by atoms with E-state index in [1.807, 2.05) is 54.6 Å². The Bertz CT molecular complexity index is 1160. The van der Waals surface area contributed by atoms with Gasteiger partial charge in [0.25, 0.3) is 0 Å². The van der Waals surface area contributed by atoms with Crippen molar-refractivity contribution in [3.63, 3.8) is 0 Å². The van der Waals surface area contributed by atoms with E-state index in [1.165, 1.54) is 0 Å². The molecule has 0 radical (unpaired) electrons. The second kappa shape index (κ2) is 7.72. The van der Waals surface area contributed by atoms with Crippen molar-refractivity contribution in [3.8, 4) is 28.4 Å². The van der Waals surface area contributed by atoms with E-state index in [1.54, 1.807) is 33.7 Å². The zero-order valence-corrected chi connectivity index (χ0v) is 16.5. The second-order valence-electron chi connectivity index (χ2n) is 6.55. The maximum absolute atomic E-state index is 13.4. The maximum Gasteiger partial charge on any atom is 0.203 e. The van der Waals surface area contributed by atoms with Crippen LogP contribution in [0.15, 0.2) is 67.0 Å². The zero-order chi connectivity index (χ0) is 20.4. The molecule has 0 saturated carbocycles. The largest absolute Gasteiger partial charge is 0.493 e. The van der Waals surface area contributed by atoms with Crippen LogP contribution >= 0.6 is 0 Å². The number of H-pyrrole nitrogens is 1. The van der Waals surface area contributed by atoms with Crippen LogP contribution in [0.5, 0.6) is 17.2 Å². The van der Waals surface area contributed by atoms with E-state index in [0.717, 1.165) is 21.9 Å². The summed E-state index contributed by atoms with van der Waals surface area (Å²) in [7, 11) is 4.70. The lowest BCUT2D eigenvalue weighted by Crippen LogP contribution is -2.03. The quantitative estimate of drug-likeness (QED) is 0.468. The minimum absolute atomic E-state index is 0.0493. The summed E-state index contributed by atoms with van der Waals surface area (Å²) in [6.07, 6.45) is 3.53. The Labute approximate surface area is 168 Å². The normalized spacial score (nSPS) is 10.7. The van der Waals surface area contributed by atoms with E-state index in [9.17, 15) is 4.79 Å². The third-order valence-electron chi connectivity index (χ3n) is 5.00. The molecule has 0 amide bonds. The average Bonchev–Trinajstić information content (AvgIpc) is 3.27. The molecule has 5 nitrogen and oxygen atoms in total. The number of ketones is 1. The first kappa shape index (κ1) is 18.6. The van der Waals surface area contributed by atoms with Crippen LogP contribution < -0.4 is 14.2 Å². The molecular weight excluding hydrogens is 366 g/mol. The zero-order valence-electron chi connectivity index (χ0n) is 16.5. The van der Waals surface area contributed by atoms with Crippen molar-refractivity contribution >= 4 is 16.6 Å². The van der Waals surface area contributed by atoms with Crippen LogP contribution in [0.4, 0.5) is 0 Å². The molecule has 0 aliphatic heterocycles. The summed E-state index contributed by atoms with van der Waals surface area (Å²) < 4.78 is 16.3. The summed E-state index contributed by atoms with van der Waals surface area (Å²) in [5.74, 6) is 1.53. The number of carbonyl (C=O) groups is 1. The molecule has 0 spiro atoms. The van der Waals surface area contributed by atoms with Crippen molar-refractivity contribution in [3.05, 3.63) is 78.1 Å². The summed E-state index contributed by atoms with van der Waals surface area (Å²) in [5.41, 5.74) is 2.80. The van der Waals surface area contributed by atoms with Gasteiger partial charge >= 0.3 is 0 Å². The van der Waals surface area contributed by atoms with Crippen molar-refractivity contribution in [1.29, 1.82) is 0 Å². The van der Waals surface area contributed by atoms with Crippen LogP contribution in [0.2, 0.25) is 0 Å². The number of nitrogens with one attached hydrogen (secondary N) is 1. The lowest BCUT2D eigenvalue weighted by molar-refractivity contribution is 0.104. The predicted molar refractivity (Wildman–Crippen MR) is 113 cm³/mol. The number of ether oxygens (including phenoxy) is 3. The second-order valence-corrected chi connectivity index (χ2v) is 6.55. The summed E-state index contributed by atoms with van der Waals surface area (Å²) in [4.78, 5) is 16.5. The van der Waals surface area contributed by atoms with E-state index in [4.69, 9.17) is 14.2 Å².